The summed E-state index contributed by atoms with van der Waals surface area (Å²) in [6.45, 7) is 2.33. The van der Waals surface area contributed by atoms with Crippen LogP contribution in [0.2, 0.25) is 0 Å². The second kappa shape index (κ2) is 6.61. The number of aromatic nitrogens is 5. The van der Waals surface area contributed by atoms with Crippen LogP contribution in [-0.4, -0.2) is 63.5 Å². The molecular weight excluding hydrogens is 427 g/mol. The summed E-state index contributed by atoms with van der Waals surface area (Å²) < 4.78 is 45.9. The molecule has 3 aromatic rings. The highest BCUT2D eigenvalue weighted by atomic mass is 19.4. The van der Waals surface area contributed by atoms with Crippen molar-refractivity contribution in [1.29, 1.82) is 0 Å². The summed E-state index contributed by atoms with van der Waals surface area (Å²) in [5.74, 6) is 0.383. The molecule has 0 bridgehead atoms. The molecule has 0 N–H and O–H groups in total. The van der Waals surface area contributed by atoms with Crippen molar-refractivity contribution in [3.05, 3.63) is 36.4 Å². The SMILES string of the molecule is O=C1N(c2cnc3cnn(C4COC4)c3n2)CCC12CN(c1ccnc(C(F)(F)F)c1)C2. The summed E-state index contributed by atoms with van der Waals surface area (Å²) in [7, 11) is 0. The molecule has 0 saturated carbocycles. The third-order valence-electron chi connectivity index (χ3n) is 6.43. The first-order chi connectivity index (χ1) is 15.3. The molecule has 166 valence electrons. The first-order valence-corrected chi connectivity index (χ1v) is 10.2. The van der Waals surface area contributed by atoms with Crippen LogP contribution in [0, 0.1) is 5.41 Å². The molecule has 0 unspecified atom stereocenters. The third kappa shape index (κ3) is 2.85. The van der Waals surface area contributed by atoms with Gasteiger partial charge in [-0.2, -0.15) is 18.3 Å². The maximum atomic E-state index is 13.3. The molecule has 12 heteroatoms. The summed E-state index contributed by atoms with van der Waals surface area (Å²) in [4.78, 5) is 29.1. The Morgan fingerprint density at radius 2 is 1.97 bits per heavy atom. The molecule has 3 fully saturated rings. The molecule has 0 aromatic carbocycles. The van der Waals surface area contributed by atoms with E-state index in [4.69, 9.17) is 4.74 Å². The number of pyridine rings is 1. The number of carbonyl (C=O) groups excluding carboxylic acids is 1. The van der Waals surface area contributed by atoms with Crippen molar-refractivity contribution in [1.82, 2.24) is 24.7 Å². The van der Waals surface area contributed by atoms with E-state index >= 15 is 0 Å². The van der Waals surface area contributed by atoms with Crippen LogP contribution in [0.4, 0.5) is 24.7 Å². The average Bonchev–Trinajstić information content (AvgIpc) is 3.26. The lowest BCUT2D eigenvalue weighted by Gasteiger charge is -2.47. The summed E-state index contributed by atoms with van der Waals surface area (Å²) in [6.07, 6.45) is 0.457. The summed E-state index contributed by atoms with van der Waals surface area (Å²) in [5, 5.41) is 4.34. The molecule has 1 spiro atoms. The molecule has 0 atom stereocenters. The molecule has 0 radical (unpaired) electrons. The maximum Gasteiger partial charge on any atom is 0.433 e. The van der Waals surface area contributed by atoms with Gasteiger partial charge in [0.2, 0.25) is 5.91 Å². The van der Waals surface area contributed by atoms with Crippen LogP contribution >= 0.6 is 0 Å². The Morgan fingerprint density at radius 3 is 2.69 bits per heavy atom. The fraction of sp³-hybridized carbons (Fsp3) is 0.450. The highest BCUT2D eigenvalue weighted by Gasteiger charge is 2.55. The number of alkyl halides is 3. The van der Waals surface area contributed by atoms with E-state index in [2.05, 4.69) is 20.1 Å². The number of anilines is 2. The Labute approximate surface area is 179 Å². The number of hydrogen-bond acceptors (Lipinski definition) is 7. The van der Waals surface area contributed by atoms with Gasteiger partial charge in [0, 0.05) is 31.5 Å². The molecule has 3 saturated heterocycles. The number of halogens is 3. The van der Waals surface area contributed by atoms with Gasteiger partial charge >= 0.3 is 6.18 Å². The molecule has 3 aliphatic rings. The fourth-order valence-electron chi connectivity index (χ4n) is 4.54. The van der Waals surface area contributed by atoms with Crippen molar-refractivity contribution in [3.8, 4) is 0 Å². The molecule has 32 heavy (non-hydrogen) atoms. The number of nitrogens with zero attached hydrogens (tertiary/aromatic N) is 7. The Kier molecular flexibility index (Phi) is 4.01. The van der Waals surface area contributed by atoms with Gasteiger partial charge in [0.25, 0.3) is 0 Å². The monoisotopic (exact) mass is 445 g/mol. The highest BCUT2D eigenvalue weighted by Crippen LogP contribution is 2.44. The second-order valence-electron chi connectivity index (χ2n) is 8.46. The first kappa shape index (κ1) is 19.4. The lowest BCUT2D eigenvalue weighted by Crippen LogP contribution is -2.60. The van der Waals surface area contributed by atoms with Gasteiger partial charge in [0.05, 0.1) is 31.0 Å². The van der Waals surface area contributed by atoms with Crippen LogP contribution in [0.3, 0.4) is 0 Å². The van der Waals surface area contributed by atoms with E-state index in [1.807, 2.05) is 0 Å². The molecule has 6 heterocycles. The number of hydrogen-bond donors (Lipinski definition) is 0. The summed E-state index contributed by atoms with van der Waals surface area (Å²) >= 11 is 0. The lowest BCUT2D eigenvalue weighted by molar-refractivity contribution is -0.141. The summed E-state index contributed by atoms with van der Waals surface area (Å²) in [5.41, 5.74) is 0.107. The zero-order valence-corrected chi connectivity index (χ0v) is 16.8. The number of carbonyl (C=O) groups is 1. The topological polar surface area (TPSA) is 89.3 Å². The van der Waals surface area contributed by atoms with Gasteiger partial charge < -0.3 is 9.64 Å². The Morgan fingerprint density at radius 1 is 1.16 bits per heavy atom. The van der Waals surface area contributed by atoms with Crippen LogP contribution < -0.4 is 9.80 Å². The molecule has 3 aromatic heterocycles. The largest absolute Gasteiger partial charge is 0.433 e. The normalized spacial score (nSPS) is 20.8. The summed E-state index contributed by atoms with van der Waals surface area (Å²) in [6, 6.07) is 2.67. The van der Waals surface area contributed by atoms with Gasteiger partial charge in [-0.1, -0.05) is 0 Å². The third-order valence-corrected chi connectivity index (χ3v) is 6.43. The van der Waals surface area contributed by atoms with Crippen molar-refractivity contribution in [2.45, 2.75) is 18.6 Å². The predicted molar refractivity (Wildman–Crippen MR) is 106 cm³/mol. The van der Waals surface area contributed by atoms with Crippen LogP contribution in [0.5, 0.6) is 0 Å². The van der Waals surface area contributed by atoms with Gasteiger partial charge in [0.1, 0.15) is 17.3 Å². The van der Waals surface area contributed by atoms with Gasteiger partial charge in [-0.3, -0.25) is 14.7 Å². The van der Waals surface area contributed by atoms with Crippen LogP contribution in [0.25, 0.3) is 11.2 Å². The molecular formula is C20H18F3N7O2. The zero-order valence-electron chi connectivity index (χ0n) is 16.8. The standard InChI is InChI=1S/C20H18F3N7O2/c21-20(22,23)15-5-12(1-3-24-15)28-10-19(11-28)2-4-29(18(19)31)16-7-25-14-6-26-30(17(14)27-16)13-8-32-9-13/h1,3,5-7,13H,2,4,8-11H2. The van der Waals surface area contributed by atoms with E-state index in [0.717, 1.165) is 12.3 Å². The van der Waals surface area contributed by atoms with E-state index in [1.165, 1.54) is 6.07 Å². The predicted octanol–water partition coefficient (Wildman–Crippen LogP) is 2.05. The highest BCUT2D eigenvalue weighted by molar-refractivity contribution is 6.01. The van der Waals surface area contributed by atoms with Gasteiger partial charge in [0.15, 0.2) is 11.5 Å². The Hall–Kier alpha value is -3.28. The molecule has 0 aliphatic carbocycles. The van der Waals surface area contributed by atoms with Crippen molar-refractivity contribution < 1.29 is 22.7 Å². The first-order valence-electron chi connectivity index (χ1n) is 10.2. The van der Waals surface area contributed by atoms with Gasteiger partial charge in [-0.15, -0.1) is 0 Å². The van der Waals surface area contributed by atoms with Gasteiger partial charge in [-0.05, 0) is 18.6 Å². The maximum absolute atomic E-state index is 13.3. The Balaban J connectivity index is 1.22. The quantitative estimate of drug-likeness (QED) is 0.610. The number of fused-ring (bicyclic) bond motifs is 1. The minimum absolute atomic E-state index is 0.0782. The van der Waals surface area contributed by atoms with E-state index in [1.54, 1.807) is 26.9 Å². The van der Waals surface area contributed by atoms with Crippen molar-refractivity contribution >= 4 is 28.6 Å². The smallest absolute Gasteiger partial charge is 0.377 e. The number of ether oxygens (including phenoxy) is 1. The van der Waals surface area contributed by atoms with Gasteiger partial charge in [-0.25, -0.2) is 14.6 Å². The number of rotatable bonds is 3. The molecule has 1 amide bonds. The van der Waals surface area contributed by atoms with E-state index in [-0.39, 0.29) is 11.9 Å². The van der Waals surface area contributed by atoms with Crippen molar-refractivity contribution in [2.24, 2.45) is 5.41 Å². The van der Waals surface area contributed by atoms with Crippen molar-refractivity contribution in [3.63, 3.8) is 0 Å². The zero-order chi connectivity index (χ0) is 22.1. The minimum atomic E-state index is -4.51. The molecule has 3 aliphatic heterocycles. The number of amides is 1. The molecule has 9 nitrogen and oxygen atoms in total. The van der Waals surface area contributed by atoms with E-state index in [9.17, 15) is 18.0 Å². The van der Waals surface area contributed by atoms with Crippen LogP contribution in [0.15, 0.2) is 30.7 Å². The fourth-order valence-corrected chi connectivity index (χ4v) is 4.54. The lowest BCUT2D eigenvalue weighted by atomic mass is 9.78. The minimum Gasteiger partial charge on any atom is -0.377 e. The van der Waals surface area contributed by atoms with E-state index in [0.29, 0.717) is 61.9 Å². The second-order valence-corrected chi connectivity index (χ2v) is 8.46. The molecule has 6 rings (SSSR count). The van der Waals surface area contributed by atoms with Crippen molar-refractivity contribution in [2.75, 3.05) is 42.6 Å². The average molecular weight is 445 g/mol. The van der Waals surface area contributed by atoms with E-state index < -0.39 is 17.3 Å². The van der Waals surface area contributed by atoms with Crippen LogP contribution in [-0.2, 0) is 15.7 Å². The van der Waals surface area contributed by atoms with Crippen LogP contribution in [0.1, 0.15) is 18.2 Å². The Bertz CT molecular complexity index is 1220.